The molecule has 0 spiro atoms. The number of hydrogen-bond donors (Lipinski definition) is 1. The van der Waals surface area contributed by atoms with E-state index in [1.807, 2.05) is 16.8 Å². The van der Waals surface area contributed by atoms with Gasteiger partial charge >= 0.3 is 0 Å². The molecule has 1 aromatic carbocycles. The lowest BCUT2D eigenvalue weighted by molar-refractivity contribution is 0.106. The van der Waals surface area contributed by atoms with Crippen LogP contribution in [0.5, 0.6) is 0 Å². The van der Waals surface area contributed by atoms with E-state index >= 15 is 0 Å². The molecule has 3 heterocycles. The first-order chi connectivity index (χ1) is 15.6. The number of nitrogens with one attached hydrogen (secondary N) is 1. The van der Waals surface area contributed by atoms with Crippen molar-refractivity contribution in [2.45, 2.75) is 58.0 Å². The number of pyridine rings is 1. The molecule has 5 rings (SSSR count). The second kappa shape index (κ2) is 9.11. The molecule has 1 saturated carbocycles. The highest BCUT2D eigenvalue weighted by Gasteiger charge is 2.34. The normalized spacial score (nSPS) is 20.1. The molecule has 0 radical (unpaired) electrons. The van der Waals surface area contributed by atoms with Crippen molar-refractivity contribution < 1.29 is 0 Å². The van der Waals surface area contributed by atoms with Crippen LogP contribution in [0, 0.1) is 6.92 Å². The van der Waals surface area contributed by atoms with Gasteiger partial charge in [-0.3, -0.25) is 9.69 Å². The summed E-state index contributed by atoms with van der Waals surface area (Å²) in [5.41, 5.74) is 2.73. The molecule has 8 heteroatoms. The number of piperazine rings is 1. The van der Waals surface area contributed by atoms with Crippen molar-refractivity contribution in [2.75, 3.05) is 32.7 Å². The van der Waals surface area contributed by atoms with Crippen LogP contribution in [0.15, 0.2) is 29.1 Å². The van der Waals surface area contributed by atoms with Crippen molar-refractivity contribution in [3.63, 3.8) is 0 Å². The Hall–Kier alpha value is -2.58. The average Bonchev–Trinajstić information content (AvgIpc) is 3.30. The van der Waals surface area contributed by atoms with Gasteiger partial charge in [-0.1, -0.05) is 37.8 Å². The van der Waals surface area contributed by atoms with Crippen LogP contribution in [-0.2, 0) is 0 Å². The maximum atomic E-state index is 13.3. The predicted molar refractivity (Wildman–Crippen MR) is 125 cm³/mol. The third-order valence-corrected chi connectivity index (χ3v) is 7.23. The van der Waals surface area contributed by atoms with E-state index in [-0.39, 0.29) is 11.6 Å². The zero-order valence-corrected chi connectivity index (χ0v) is 19.1. The lowest BCUT2D eigenvalue weighted by Gasteiger charge is -2.38. The average molecular weight is 436 g/mol. The summed E-state index contributed by atoms with van der Waals surface area (Å²) in [5, 5.41) is 14.1. The molecule has 2 aliphatic rings. The number of aromatic amines is 1. The van der Waals surface area contributed by atoms with Crippen LogP contribution in [0.1, 0.15) is 68.1 Å². The lowest BCUT2D eigenvalue weighted by atomic mass is 9.95. The van der Waals surface area contributed by atoms with E-state index in [1.54, 1.807) is 0 Å². The van der Waals surface area contributed by atoms with Gasteiger partial charge in [0.15, 0.2) is 5.82 Å². The van der Waals surface area contributed by atoms with E-state index in [9.17, 15) is 4.79 Å². The Morgan fingerprint density at radius 3 is 2.62 bits per heavy atom. The van der Waals surface area contributed by atoms with Gasteiger partial charge in [0.05, 0.1) is 6.04 Å². The lowest BCUT2D eigenvalue weighted by Crippen LogP contribution is -2.49. The molecule has 2 fully saturated rings. The highest BCUT2D eigenvalue weighted by Crippen LogP contribution is 2.33. The maximum Gasteiger partial charge on any atom is 0.253 e. The number of rotatable bonds is 5. The zero-order valence-electron chi connectivity index (χ0n) is 19.1. The molecule has 170 valence electrons. The molecule has 1 N–H and O–H groups in total. The number of likely N-dealkylation sites (N-methyl/N-ethyl adjacent to an activating group) is 1. The van der Waals surface area contributed by atoms with Crippen LogP contribution in [0.2, 0.25) is 0 Å². The van der Waals surface area contributed by atoms with Crippen LogP contribution >= 0.6 is 0 Å². The van der Waals surface area contributed by atoms with Gasteiger partial charge in [0.2, 0.25) is 0 Å². The summed E-state index contributed by atoms with van der Waals surface area (Å²) in [7, 11) is 0. The van der Waals surface area contributed by atoms with E-state index in [1.165, 1.54) is 24.8 Å². The summed E-state index contributed by atoms with van der Waals surface area (Å²) < 4.78 is 2.02. The number of nitrogens with zero attached hydrogens (tertiary/aromatic N) is 6. The highest BCUT2D eigenvalue weighted by molar-refractivity contribution is 5.79. The molecule has 1 atom stereocenters. The summed E-state index contributed by atoms with van der Waals surface area (Å²) in [5.74, 6) is 0.805. The van der Waals surface area contributed by atoms with Crippen LogP contribution < -0.4 is 5.56 Å². The summed E-state index contributed by atoms with van der Waals surface area (Å²) >= 11 is 0. The predicted octanol–water partition coefficient (Wildman–Crippen LogP) is 3.06. The second-order valence-electron chi connectivity index (χ2n) is 9.29. The van der Waals surface area contributed by atoms with Crippen molar-refractivity contribution >= 4 is 10.9 Å². The molecule has 2 aromatic heterocycles. The van der Waals surface area contributed by atoms with Gasteiger partial charge in [0.1, 0.15) is 6.04 Å². The first-order valence-electron chi connectivity index (χ1n) is 12.0. The van der Waals surface area contributed by atoms with Crippen molar-refractivity contribution in [3.05, 3.63) is 51.6 Å². The number of tetrazole rings is 1. The molecule has 0 amide bonds. The molecule has 32 heavy (non-hydrogen) atoms. The highest BCUT2D eigenvalue weighted by atomic mass is 16.1. The fourth-order valence-corrected chi connectivity index (χ4v) is 5.35. The van der Waals surface area contributed by atoms with E-state index < -0.39 is 0 Å². The first kappa shape index (κ1) is 21.3. The van der Waals surface area contributed by atoms with Gasteiger partial charge in [-0.25, -0.2) is 4.68 Å². The van der Waals surface area contributed by atoms with Crippen LogP contribution in [0.4, 0.5) is 0 Å². The fraction of sp³-hybridized carbons (Fsp3) is 0.583. The molecule has 3 aromatic rings. The van der Waals surface area contributed by atoms with Crippen LogP contribution in [0.3, 0.4) is 0 Å². The Kier molecular flexibility index (Phi) is 6.06. The van der Waals surface area contributed by atoms with Crippen molar-refractivity contribution in [1.29, 1.82) is 0 Å². The quantitative estimate of drug-likeness (QED) is 0.663. The number of benzene rings is 1. The monoisotopic (exact) mass is 435 g/mol. The Bertz CT molecular complexity index is 1120. The molecule has 1 unspecified atom stereocenters. The van der Waals surface area contributed by atoms with Gasteiger partial charge in [-0.05, 0) is 60.3 Å². The van der Waals surface area contributed by atoms with E-state index in [4.69, 9.17) is 0 Å². The summed E-state index contributed by atoms with van der Waals surface area (Å²) in [6.45, 7) is 9.09. The number of fused-ring (bicyclic) bond motifs is 1. The third-order valence-electron chi connectivity index (χ3n) is 7.23. The summed E-state index contributed by atoms with van der Waals surface area (Å²) in [6, 6.07) is 8.26. The Balaban J connectivity index is 1.60. The smallest absolute Gasteiger partial charge is 0.253 e. The van der Waals surface area contributed by atoms with Gasteiger partial charge in [-0.15, -0.1) is 5.10 Å². The van der Waals surface area contributed by atoms with Crippen molar-refractivity contribution in [2.24, 2.45) is 0 Å². The first-order valence-corrected chi connectivity index (χ1v) is 12.0. The molecule has 1 saturated heterocycles. The standard InChI is InChI=1S/C24H33N7O/c1-3-29-11-13-30(14-12-29)22(23-26-27-28-31(23)19-7-5-4-6-8-19)20-16-18-15-17(2)9-10-21(18)25-24(20)32/h9-10,15-16,19,22H,3-8,11-14H2,1-2H3,(H,25,32). The van der Waals surface area contributed by atoms with Gasteiger partial charge < -0.3 is 9.88 Å². The molecule has 1 aliphatic heterocycles. The van der Waals surface area contributed by atoms with Gasteiger partial charge in [0, 0.05) is 37.3 Å². The Morgan fingerprint density at radius 1 is 1.09 bits per heavy atom. The number of hydrogen-bond acceptors (Lipinski definition) is 6. The van der Waals surface area contributed by atoms with Gasteiger partial charge in [0.25, 0.3) is 5.56 Å². The number of aromatic nitrogens is 5. The molecule has 0 bridgehead atoms. The van der Waals surface area contributed by atoms with Crippen molar-refractivity contribution in [1.82, 2.24) is 35.0 Å². The Morgan fingerprint density at radius 2 is 1.88 bits per heavy atom. The number of aryl methyl sites for hydroxylation is 1. The minimum atomic E-state index is -0.250. The van der Waals surface area contributed by atoms with Crippen molar-refractivity contribution in [3.8, 4) is 0 Å². The Labute approximate surface area is 188 Å². The van der Waals surface area contributed by atoms with E-state index in [0.717, 1.165) is 67.9 Å². The molecular weight excluding hydrogens is 402 g/mol. The zero-order chi connectivity index (χ0) is 22.1. The second-order valence-corrected chi connectivity index (χ2v) is 9.29. The fourth-order valence-electron chi connectivity index (χ4n) is 5.35. The minimum Gasteiger partial charge on any atom is -0.322 e. The third kappa shape index (κ3) is 4.09. The molecule has 1 aliphatic carbocycles. The maximum absolute atomic E-state index is 13.3. The van der Waals surface area contributed by atoms with E-state index in [2.05, 4.69) is 56.3 Å². The van der Waals surface area contributed by atoms with Crippen LogP contribution in [-0.4, -0.2) is 67.7 Å². The topological polar surface area (TPSA) is 82.9 Å². The summed E-state index contributed by atoms with van der Waals surface area (Å²) in [6.07, 6.45) is 5.89. The molecular formula is C24H33N7O. The minimum absolute atomic E-state index is 0.0533. The molecule has 8 nitrogen and oxygen atoms in total. The largest absolute Gasteiger partial charge is 0.322 e. The number of H-pyrrole nitrogens is 1. The summed E-state index contributed by atoms with van der Waals surface area (Å²) in [4.78, 5) is 21.3. The SMILES string of the molecule is CCN1CCN(C(c2cc3cc(C)ccc3[nH]c2=O)c2nnnn2C2CCCCC2)CC1. The van der Waals surface area contributed by atoms with E-state index in [0.29, 0.717) is 6.04 Å². The van der Waals surface area contributed by atoms with Gasteiger partial charge in [-0.2, -0.15) is 0 Å². The van der Waals surface area contributed by atoms with Crippen LogP contribution in [0.25, 0.3) is 10.9 Å².